The van der Waals surface area contributed by atoms with Crippen LogP contribution in [-0.2, 0) is 6.54 Å². The van der Waals surface area contributed by atoms with Crippen molar-refractivity contribution in [3.63, 3.8) is 0 Å². The first-order valence-corrected chi connectivity index (χ1v) is 9.00. The Morgan fingerprint density at radius 2 is 1.88 bits per heavy atom. The molecule has 0 unspecified atom stereocenters. The number of likely N-dealkylation sites (N-methyl/N-ethyl adjacent to an activating group) is 1. The molecule has 0 heterocycles. The standard InChI is InChI=1S/C23H33NO/c1-7-24(17-10-8-9-15-22(2,3)4)19-21-13-11-12-20(18-21)14-16-23(5,6)25/h8,10-14,16,18,25H,7,17,19H2,1-6H3/b10-8+,16-14+. The van der Waals surface area contributed by atoms with Crippen molar-refractivity contribution in [2.24, 2.45) is 5.41 Å². The Morgan fingerprint density at radius 3 is 2.48 bits per heavy atom. The molecule has 2 heteroatoms. The van der Waals surface area contributed by atoms with Crippen molar-refractivity contribution in [3.05, 3.63) is 53.6 Å². The molecular weight excluding hydrogens is 306 g/mol. The van der Waals surface area contributed by atoms with Gasteiger partial charge in [0.25, 0.3) is 0 Å². The molecule has 1 rings (SSSR count). The molecule has 0 aliphatic rings. The van der Waals surface area contributed by atoms with E-state index in [2.05, 4.69) is 74.8 Å². The molecule has 0 aliphatic heterocycles. The predicted molar refractivity (Wildman–Crippen MR) is 109 cm³/mol. The number of benzene rings is 1. The number of hydrogen-bond donors (Lipinski definition) is 1. The van der Waals surface area contributed by atoms with Crippen LogP contribution in [0.25, 0.3) is 6.08 Å². The normalized spacial score (nSPS) is 12.8. The molecule has 1 aromatic carbocycles. The molecule has 0 amide bonds. The van der Waals surface area contributed by atoms with Gasteiger partial charge in [0.1, 0.15) is 0 Å². The van der Waals surface area contributed by atoms with Crippen molar-refractivity contribution in [1.29, 1.82) is 0 Å². The molecule has 1 aromatic rings. The first-order valence-electron chi connectivity index (χ1n) is 9.00. The maximum absolute atomic E-state index is 9.81. The lowest BCUT2D eigenvalue weighted by Crippen LogP contribution is -2.22. The molecule has 0 atom stereocenters. The third kappa shape index (κ3) is 10.6. The smallest absolute Gasteiger partial charge is 0.0774 e. The summed E-state index contributed by atoms with van der Waals surface area (Å²) in [7, 11) is 0. The van der Waals surface area contributed by atoms with Crippen molar-refractivity contribution < 1.29 is 5.11 Å². The van der Waals surface area contributed by atoms with Crippen molar-refractivity contribution >= 4 is 6.08 Å². The lowest BCUT2D eigenvalue weighted by atomic mass is 9.98. The molecule has 25 heavy (non-hydrogen) atoms. The summed E-state index contributed by atoms with van der Waals surface area (Å²) in [6.07, 6.45) is 7.87. The minimum atomic E-state index is -0.787. The van der Waals surface area contributed by atoms with Crippen LogP contribution in [0.3, 0.4) is 0 Å². The van der Waals surface area contributed by atoms with Crippen LogP contribution in [0.1, 0.15) is 52.7 Å². The van der Waals surface area contributed by atoms with Crippen LogP contribution in [0.5, 0.6) is 0 Å². The maximum Gasteiger partial charge on any atom is 0.0774 e. The van der Waals surface area contributed by atoms with E-state index in [4.69, 9.17) is 0 Å². The van der Waals surface area contributed by atoms with Gasteiger partial charge in [-0.25, -0.2) is 0 Å². The molecule has 0 radical (unpaired) electrons. The van der Waals surface area contributed by atoms with Crippen LogP contribution in [0.4, 0.5) is 0 Å². The summed E-state index contributed by atoms with van der Waals surface area (Å²) in [5.74, 6) is 6.33. The molecule has 0 aliphatic carbocycles. The van der Waals surface area contributed by atoms with Gasteiger partial charge in [0.15, 0.2) is 0 Å². The van der Waals surface area contributed by atoms with Crippen molar-refractivity contribution in [1.82, 2.24) is 4.90 Å². The highest BCUT2D eigenvalue weighted by atomic mass is 16.3. The summed E-state index contributed by atoms with van der Waals surface area (Å²) < 4.78 is 0. The Hall–Kier alpha value is -1.82. The summed E-state index contributed by atoms with van der Waals surface area (Å²) in [6, 6.07) is 8.45. The Kier molecular flexibility index (Phi) is 8.16. The number of hydrogen-bond acceptors (Lipinski definition) is 2. The molecular formula is C23H33NO. The zero-order valence-electron chi connectivity index (χ0n) is 16.6. The number of allylic oxidation sites excluding steroid dienone is 1. The van der Waals surface area contributed by atoms with Crippen LogP contribution in [0.15, 0.2) is 42.5 Å². The molecule has 0 saturated carbocycles. The lowest BCUT2D eigenvalue weighted by molar-refractivity contribution is 0.134. The van der Waals surface area contributed by atoms with Crippen LogP contribution in [-0.4, -0.2) is 28.7 Å². The molecule has 0 saturated heterocycles. The topological polar surface area (TPSA) is 23.5 Å². The summed E-state index contributed by atoms with van der Waals surface area (Å²) in [4.78, 5) is 2.37. The zero-order chi connectivity index (χ0) is 18.9. The fourth-order valence-electron chi connectivity index (χ4n) is 2.18. The van der Waals surface area contributed by atoms with Gasteiger partial charge in [0.2, 0.25) is 0 Å². The largest absolute Gasteiger partial charge is 0.386 e. The second kappa shape index (κ2) is 9.61. The Morgan fingerprint density at radius 1 is 1.16 bits per heavy atom. The zero-order valence-corrected chi connectivity index (χ0v) is 16.6. The van der Waals surface area contributed by atoms with Gasteiger partial charge in [-0.15, -0.1) is 0 Å². The van der Waals surface area contributed by atoms with Crippen LogP contribution < -0.4 is 0 Å². The summed E-state index contributed by atoms with van der Waals surface area (Å²) in [5.41, 5.74) is 1.65. The van der Waals surface area contributed by atoms with Crippen molar-refractivity contribution in [3.8, 4) is 11.8 Å². The Labute approximate surface area is 154 Å². The molecule has 1 N–H and O–H groups in total. The van der Waals surface area contributed by atoms with Crippen molar-refractivity contribution in [2.75, 3.05) is 13.1 Å². The van der Waals surface area contributed by atoms with Gasteiger partial charge in [-0.2, -0.15) is 0 Å². The average molecular weight is 340 g/mol. The third-order valence-electron chi connectivity index (χ3n) is 3.50. The molecule has 0 fully saturated rings. The van der Waals surface area contributed by atoms with E-state index in [0.717, 1.165) is 25.2 Å². The maximum atomic E-state index is 9.81. The molecule has 0 aromatic heterocycles. The van der Waals surface area contributed by atoms with E-state index < -0.39 is 5.60 Å². The van der Waals surface area contributed by atoms with Crippen LogP contribution in [0.2, 0.25) is 0 Å². The fraction of sp³-hybridized carbons (Fsp3) is 0.478. The Bertz CT molecular complexity index is 645. The highest BCUT2D eigenvalue weighted by Crippen LogP contribution is 2.13. The lowest BCUT2D eigenvalue weighted by Gasteiger charge is -2.18. The number of nitrogens with zero attached hydrogens (tertiary/aromatic N) is 1. The van der Waals surface area contributed by atoms with Gasteiger partial charge in [-0.05, 0) is 58.4 Å². The highest BCUT2D eigenvalue weighted by Gasteiger charge is 2.06. The number of aliphatic hydroxyl groups is 1. The fourth-order valence-corrected chi connectivity index (χ4v) is 2.18. The number of rotatable bonds is 7. The SMILES string of the molecule is CCN(C/C=C/C#CC(C)(C)C)Cc1cccc(/C=C/C(C)(C)O)c1. The predicted octanol–water partition coefficient (Wildman–Crippen LogP) is 4.90. The summed E-state index contributed by atoms with van der Waals surface area (Å²) >= 11 is 0. The molecule has 136 valence electrons. The van der Waals surface area contributed by atoms with Gasteiger partial charge in [0.05, 0.1) is 5.60 Å². The van der Waals surface area contributed by atoms with E-state index in [1.54, 1.807) is 13.8 Å². The van der Waals surface area contributed by atoms with Crippen LogP contribution in [0, 0.1) is 17.3 Å². The van der Waals surface area contributed by atoms with Gasteiger partial charge in [0, 0.05) is 18.5 Å². The minimum absolute atomic E-state index is 0.0475. The summed E-state index contributed by atoms with van der Waals surface area (Å²) in [5, 5.41) is 9.81. The van der Waals surface area contributed by atoms with Crippen LogP contribution >= 0.6 is 0 Å². The van der Waals surface area contributed by atoms with Crippen molar-refractivity contribution in [2.45, 2.75) is 53.7 Å². The van der Waals surface area contributed by atoms with Gasteiger partial charge in [-0.1, -0.05) is 61.3 Å². The monoisotopic (exact) mass is 339 g/mol. The minimum Gasteiger partial charge on any atom is -0.386 e. The van der Waals surface area contributed by atoms with Gasteiger partial charge >= 0.3 is 0 Å². The van der Waals surface area contributed by atoms with E-state index in [1.807, 2.05) is 18.2 Å². The molecule has 2 nitrogen and oxygen atoms in total. The third-order valence-corrected chi connectivity index (χ3v) is 3.50. The summed E-state index contributed by atoms with van der Waals surface area (Å²) in [6.45, 7) is 14.9. The quantitative estimate of drug-likeness (QED) is 0.714. The first kappa shape index (κ1) is 21.2. The second-order valence-electron chi connectivity index (χ2n) is 7.98. The Balaban J connectivity index is 2.67. The average Bonchev–Trinajstić information content (AvgIpc) is 2.50. The second-order valence-corrected chi connectivity index (χ2v) is 7.98. The van der Waals surface area contributed by atoms with E-state index in [1.165, 1.54) is 5.56 Å². The van der Waals surface area contributed by atoms with E-state index in [0.29, 0.717) is 0 Å². The highest BCUT2D eigenvalue weighted by molar-refractivity contribution is 5.51. The molecule has 0 bridgehead atoms. The van der Waals surface area contributed by atoms with E-state index >= 15 is 0 Å². The van der Waals surface area contributed by atoms with Gasteiger partial charge < -0.3 is 5.11 Å². The van der Waals surface area contributed by atoms with E-state index in [9.17, 15) is 5.11 Å². The van der Waals surface area contributed by atoms with E-state index in [-0.39, 0.29) is 5.41 Å². The van der Waals surface area contributed by atoms with Gasteiger partial charge in [-0.3, -0.25) is 4.90 Å². The first-order chi connectivity index (χ1) is 11.6. The molecule has 0 spiro atoms.